The summed E-state index contributed by atoms with van der Waals surface area (Å²) in [7, 11) is -3.84. The molecule has 7 nitrogen and oxygen atoms in total. The smallest absolute Gasteiger partial charge is 0.352 e. The molecule has 102 valence electrons. The summed E-state index contributed by atoms with van der Waals surface area (Å²) < 4.78 is 25.7. The van der Waals surface area contributed by atoms with E-state index in [9.17, 15) is 13.2 Å². The Hall–Kier alpha value is -2.22. The number of nitrogens with one attached hydrogen (secondary N) is 2. The van der Waals surface area contributed by atoms with E-state index >= 15 is 0 Å². The molecule has 0 unspecified atom stereocenters. The second kappa shape index (κ2) is 4.47. The SMILES string of the molecule is Cc1[nH]c(C(=O)O)c(C)c1S(=O)(=O)Nn1cccc1. The van der Waals surface area contributed by atoms with E-state index in [1.54, 1.807) is 12.1 Å². The number of aryl methyl sites for hydroxylation is 1. The summed E-state index contributed by atoms with van der Waals surface area (Å²) in [6.07, 6.45) is 3.07. The van der Waals surface area contributed by atoms with Crippen LogP contribution in [0.4, 0.5) is 0 Å². The second-order valence-electron chi connectivity index (χ2n) is 4.07. The molecule has 0 saturated carbocycles. The average Bonchev–Trinajstić information content (AvgIpc) is 2.86. The van der Waals surface area contributed by atoms with Crippen LogP contribution >= 0.6 is 0 Å². The highest BCUT2D eigenvalue weighted by Crippen LogP contribution is 2.23. The molecule has 2 heterocycles. The van der Waals surface area contributed by atoms with Crippen LogP contribution in [0.25, 0.3) is 0 Å². The average molecular weight is 283 g/mol. The van der Waals surface area contributed by atoms with Crippen LogP contribution in [0.15, 0.2) is 29.4 Å². The monoisotopic (exact) mass is 283 g/mol. The number of hydrogen-bond acceptors (Lipinski definition) is 3. The summed E-state index contributed by atoms with van der Waals surface area (Å²) in [5.41, 5.74) is 0.351. The van der Waals surface area contributed by atoms with Crippen molar-refractivity contribution in [2.75, 3.05) is 4.83 Å². The van der Waals surface area contributed by atoms with Gasteiger partial charge >= 0.3 is 5.97 Å². The third-order valence-corrected chi connectivity index (χ3v) is 4.28. The third-order valence-electron chi connectivity index (χ3n) is 2.68. The van der Waals surface area contributed by atoms with E-state index in [-0.39, 0.29) is 21.8 Å². The van der Waals surface area contributed by atoms with E-state index in [2.05, 4.69) is 9.82 Å². The predicted molar refractivity (Wildman–Crippen MR) is 68.2 cm³/mol. The lowest BCUT2D eigenvalue weighted by molar-refractivity contribution is 0.0690. The fraction of sp³-hybridized carbons (Fsp3) is 0.182. The van der Waals surface area contributed by atoms with Crippen LogP contribution in [0.2, 0.25) is 0 Å². The first-order valence-electron chi connectivity index (χ1n) is 5.41. The lowest BCUT2D eigenvalue weighted by Gasteiger charge is -2.09. The molecule has 0 aliphatic rings. The minimum Gasteiger partial charge on any atom is -0.477 e. The van der Waals surface area contributed by atoms with E-state index in [0.717, 1.165) is 0 Å². The first-order valence-corrected chi connectivity index (χ1v) is 6.89. The molecule has 0 amide bonds. The molecule has 8 heteroatoms. The van der Waals surface area contributed by atoms with Crippen molar-refractivity contribution < 1.29 is 18.3 Å². The van der Waals surface area contributed by atoms with Crippen molar-refractivity contribution in [3.05, 3.63) is 41.5 Å². The maximum atomic E-state index is 12.2. The van der Waals surface area contributed by atoms with E-state index in [0.29, 0.717) is 0 Å². The lowest BCUT2D eigenvalue weighted by Crippen LogP contribution is -2.22. The van der Waals surface area contributed by atoms with Gasteiger partial charge in [-0.1, -0.05) is 0 Å². The summed E-state index contributed by atoms with van der Waals surface area (Å²) >= 11 is 0. The maximum Gasteiger partial charge on any atom is 0.352 e. The number of sulfonamides is 1. The van der Waals surface area contributed by atoms with Gasteiger partial charge in [0.05, 0.1) is 0 Å². The lowest BCUT2D eigenvalue weighted by atomic mass is 10.2. The number of carboxylic acid groups (broad SMARTS) is 1. The fourth-order valence-corrected chi connectivity index (χ4v) is 3.38. The molecule has 2 aromatic rings. The molecule has 2 rings (SSSR count). The van der Waals surface area contributed by atoms with Crippen molar-refractivity contribution in [2.24, 2.45) is 0 Å². The fourth-order valence-electron chi connectivity index (χ4n) is 1.93. The van der Waals surface area contributed by atoms with Crippen molar-refractivity contribution in [3.8, 4) is 0 Å². The minimum atomic E-state index is -3.84. The number of nitrogens with zero attached hydrogens (tertiary/aromatic N) is 1. The van der Waals surface area contributed by atoms with Crippen LogP contribution in [0.3, 0.4) is 0 Å². The molecule has 19 heavy (non-hydrogen) atoms. The Morgan fingerprint density at radius 3 is 2.37 bits per heavy atom. The van der Waals surface area contributed by atoms with Crippen LogP contribution in [0.5, 0.6) is 0 Å². The van der Waals surface area contributed by atoms with Crippen LogP contribution in [0, 0.1) is 13.8 Å². The number of aromatic amines is 1. The number of aromatic carboxylic acids is 1. The van der Waals surface area contributed by atoms with E-state index < -0.39 is 16.0 Å². The van der Waals surface area contributed by atoms with Gasteiger partial charge in [-0.25, -0.2) is 9.63 Å². The molecule has 0 aliphatic heterocycles. The molecule has 0 fully saturated rings. The summed E-state index contributed by atoms with van der Waals surface area (Å²) in [5, 5.41) is 8.97. The van der Waals surface area contributed by atoms with E-state index in [1.165, 1.54) is 30.9 Å². The standard InChI is InChI=1S/C11H13N3O4S/c1-7-9(11(15)16)12-8(2)10(7)19(17,18)13-14-5-3-4-6-14/h3-6,12-13H,1-2H3,(H,15,16). The van der Waals surface area contributed by atoms with Gasteiger partial charge in [-0.15, -0.1) is 0 Å². The Morgan fingerprint density at radius 1 is 1.32 bits per heavy atom. The topological polar surface area (TPSA) is 104 Å². The minimum absolute atomic E-state index is 0.0430. The third kappa shape index (κ3) is 2.34. The molecule has 0 bridgehead atoms. The van der Waals surface area contributed by atoms with Crippen molar-refractivity contribution in [1.29, 1.82) is 0 Å². The zero-order chi connectivity index (χ0) is 14.2. The molecule has 2 aromatic heterocycles. The number of hydrogen-bond donors (Lipinski definition) is 3. The number of rotatable bonds is 4. The summed E-state index contributed by atoms with van der Waals surface area (Å²) in [4.78, 5) is 15.8. The highest BCUT2D eigenvalue weighted by molar-refractivity contribution is 7.92. The molecule has 0 radical (unpaired) electrons. The van der Waals surface area contributed by atoms with Gasteiger partial charge in [0.25, 0.3) is 10.0 Å². The van der Waals surface area contributed by atoms with Gasteiger partial charge in [-0.2, -0.15) is 8.42 Å². The van der Waals surface area contributed by atoms with Gasteiger partial charge in [0.2, 0.25) is 0 Å². The molecule has 0 aliphatic carbocycles. The molecule has 0 saturated heterocycles. The zero-order valence-corrected chi connectivity index (χ0v) is 11.2. The summed E-state index contributed by atoms with van der Waals surface area (Å²) in [6, 6.07) is 3.34. The normalized spacial score (nSPS) is 11.5. The van der Waals surface area contributed by atoms with Crippen LogP contribution in [-0.2, 0) is 10.0 Å². The van der Waals surface area contributed by atoms with E-state index in [4.69, 9.17) is 5.11 Å². The maximum absolute atomic E-state index is 12.2. The van der Waals surface area contributed by atoms with Crippen molar-refractivity contribution in [1.82, 2.24) is 9.66 Å². The van der Waals surface area contributed by atoms with E-state index in [1.807, 2.05) is 0 Å². The number of carbonyl (C=O) groups is 1. The van der Waals surface area contributed by atoms with Crippen molar-refractivity contribution in [2.45, 2.75) is 18.7 Å². The highest BCUT2D eigenvalue weighted by atomic mass is 32.2. The number of carboxylic acids is 1. The van der Waals surface area contributed by atoms with Gasteiger partial charge in [0.15, 0.2) is 0 Å². The number of aromatic nitrogens is 2. The highest BCUT2D eigenvalue weighted by Gasteiger charge is 2.26. The first-order chi connectivity index (χ1) is 8.83. The molecular weight excluding hydrogens is 270 g/mol. The Bertz CT molecular complexity index is 713. The predicted octanol–water partition coefficient (Wildman–Crippen LogP) is 1.06. The van der Waals surface area contributed by atoms with Gasteiger partial charge in [0.1, 0.15) is 10.6 Å². The Labute approximate surface area is 109 Å². The van der Waals surface area contributed by atoms with Gasteiger partial charge in [-0.05, 0) is 26.0 Å². The van der Waals surface area contributed by atoms with Crippen LogP contribution in [0.1, 0.15) is 21.7 Å². The first kappa shape index (κ1) is 13.2. The van der Waals surface area contributed by atoms with Gasteiger partial charge in [-0.3, -0.25) is 4.68 Å². The van der Waals surface area contributed by atoms with Crippen molar-refractivity contribution >= 4 is 16.0 Å². The quantitative estimate of drug-likeness (QED) is 0.780. The zero-order valence-electron chi connectivity index (χ0n) is 10.3. The molecular formula is C11H13N3O4S. The molecule has 0 atom stereocenters. The summed E-state index contributed by atoms with van der Waals surface area (Å²) in [6.45, 7) is 2.97. The largest absolute Gasteiger partial charge is 0.477 e. The van der Waals surface area contributed by atoms with Crippen LogP contribution in [-0.4, -0.2) is 29.2 Å². The Kier molecular flexibility index (Phi) is 3.11. The van der Waals surface area contributed by atoms with Crippen LogP contribution < -0.4 is 4.83 Å². The molecule has 0 aromatic carbocycles. The second-order valence-corrected chi connectivity index (χ2v) is 5.67. The van der Waals surface area contributed by atoms with Gasteiger partial charge in [0, 0.05) is 23.7 Å². The summed E-state index contributed by atoms with van der Waals surface area (Å²) in [5.74, 6) is -1.19. The van der Waals surface area contributed by atoms with Crippen molar-refractivity contribution in [3.63, 3.8) is 0 Å². The Balaban J connectivity index is 2.49. The number of H-pyrrole nitrogens is 1. The Morgan fingerprint density at radius 2 is 1.89 bits per heavy atom. The molecule has 0 spiro atoms. The van der Waals surface area contributed by atoms with Gasteiger partial charge < -0.3 is 10.1 Å². The molecule has 3 N–H and O–H groups in total.